The van der Waals surface area contributed by atoms with E-state index in [9.17, 15) is 5.11 Å². The van der Waals surface area contributed by atoms with Gasteiger partial charge < -0.3 is 15.7 Å². The fourth-order valence-electron chi connectivity index (χ4n) is 2.95. The minimum absolute atomic E-state index is 0.327. The molecule has 22 heavy (non-hydrogen) atoms. The summed E-state index contributed by atoms with van der Waals surface area (Å²) in [6.07, 6.45) is 7.17. The summed E-state index contributed by atoms with van der Waals surface area (Å²) in [7, 11) is 1.83. The highest BCUT2D eigenvalue weighted by atomic mass is 16.3. The van der Waals surface area contributed by atoms with Gasteiger partial charge in [-0.2, -0.15) is 0 Å². The van der Waals surface area contributed by atoms with E-state index in [1.54, 1.807) is 12.1 Å². The normalized spacial score (nSPS) is 22.4. The second-order valence-electron chi connectivity index (χ2n) is 6.37. The third-order valence-corrected chi connectivity index (χ3v) is 4.45. The third-order valence-electron chi connectivity index (χ3n) is 4.45. The molecule has 0 heterocycles. The summed E-state index contributed by atoms with van der Waals surface area (Å²) in [5.74, 6) is 2.12. The van der Waals surface area contributed by atoms with Gasteiger partial charge in [0.1, 0.15) is 5.75 Å². The van der Waals surface area contributed by atoms with Crippen molar-refractivity contribution >= 4 is 5.96 Å². The first-order chi connectivity index (χ1) is 10.7. The maximum atomic E-state index is 9.27. The van der Waals surface area contributed by atoms with E-state index in [4.69, 9.17) is 0 Å². The van der Waals surface area contributed by atoms with Crippen LogP contribution in [0.3, 0.4) is 0 Å². The van der Waals surface area contributed by atoms with E-state index in [1.165, 1.54) is 31.2 Å². The number of hydrogen-bond donors (Lipinski definition) is 3. The number of benzene rings is 1. The number of nitrogens with zero attached hydrogens (tertiary/aromatic N) is 1. The van der Waals surface area contributed by atoms with Gasteiger partial charge in [0.2, 0.25) is 0 Å². The molecule has 0 aromatic heterocycles. The highest BCUT2D eigenvalue weighted by molar-refractivity contribution is 5.79. The summed E-state index contributed by atoms with van der Waals surface area (Å²) in [5.41, 5.74) is 1.25. The van der Waals surface area contributed by atoms with Crippen LogP contribution in [0.5, 0.6) is 5.75 Å². The number of phenols is 1. The van der Waals surface area contributed by atoms with E-state index in [2.05, 4.69) is 22.5 Å². The zero-order chi connectivity index (χ0) is 15.8. The lowest BCUT2D eigenvalue weighted by molar-refractivity contribution is 0.329. The quantitative estimate of drug-likeness (QED) is 0.445. The molecular weight excluding hydrogens is 274 g/mol. The van der Waals surface area contributed by atoms with Gasteiger partial charge in [-0.1, -0.05) is 19.1 Å². The first-order valence-electron chi connectivity index (χ1n) is 8.42. The summed E-state index contributed by atoms with van der Waals surface area (Å²) in [6, 6.07) is 8.01. The second-order valence-corrected chi connectivity index (χ2v) is 6.37. The lowest BCUT2D eigenvalue weighted by Crippen LogP contribution is -2.45. The molecule has 0 unspecified atom stereocenters. The molecule has 0 saturated heterocycles. The van der Waals surface area contributed by atoms with Gasteiger partial charge in [-0.15, -0.1) is 0 Å². The molecule has 0 aliphatic heterocycles. The molecule has 0 radical (unpaired) electrons. The molecule has 1 aromatic rings. The Morgan fingerprint density at radius 2 is 1.86 bits per heavy atom. The smallest absolute Gasteiger partial charge is 0.191 e. The molecule has 1 fully saturated rings. The molecule has 0 atom stereocenters. The van der Waals surface area contributed by atoms with Gasteiger partial charge in [-0.05, 0) is 62.1 Å². The summed E-state index contributed by atoms with van der Waals surface area (Å²) in [5, 5.41) is 16.2. The Morgan fingerprint density at radius 1 is 1.18 bits per heavy atom. The molecule has 2 rings (SSSR count). The van der Waals surface area contributed by atoms with Crippen LogP contribution in [0.1, 0.15) is 44.6 Å². The van der Waals surface area contributed by atoms with Crippen LogP contribution in [-0.4, -0.2) is 30.7 Å². The van der Waals surface area contributed by atoms with E-state index in [0.29, 0.717) is 11.8 Å². The minimum atomic E-state index is 0.327. The fraction of sp³-hybridized carbons (Fsp3) is 0.611. The first kappa shape index (κ1) is 16.7. The third kappa shape index (κ3) is 5.58. The van der Waals surface area contributed by atoms with Gasteiger partial charge in [0.25, 0.3) is 0 Å². The monoisotopic (exact) mass is 303 g/mol. The number of phenolic OH excluding ortho intramolecular Hbond substituents is 1. The van der Waals surface area contributed by atoms with Crippen LogP contribution in [0.25, 0.3) is 0 Å². The fourth-order valence-corrected chi connectivity index (χ4v) is 2.95. The first-order valence-corrected chi connectivity index (χ1v) is 8.42. The van der Waals surface area contributed by atoms with Crippen LogP contribution in [0.4, 0.5) is 0 Å². The van der Waals surface area contributed by atoms with Crippen molar-refractivity contribution in [2.75, 3.05) is 13.6 Å². The molecule has 3 N–H and O–H groups in total. The number of guanidine groups is 1. The van der Waals surface area contributed by atoms with E-state index in [-0.39, 0.29) is 0 Å². The number of aliphatic imine (C=N–C) groups is 1. The van der Waals surface area contributed by atoms with Crippen LogP contribution in [0, 0.1) is 5.92 Å². The van der Waals surface area contributed by atoms with Gasteiger partial charge in [0.05, 0.1) is 0 Å². The molecule has 1 saturated carbocycles. The summed E-state index contributed by atoms with van der Waals surface area (Å²) >= 11 is 0. The van der Waals surface area contributed by atoms with Crippen molar-refractivity contribution in [1.82, 2.24) is 10.6 Å². The van der Waals surface area contributed by atoms with Crippen LogP contribution in [-0.2, 0) is 6.42 Å². The van der Waals surface area contributed by atoms with Crippen molar-refractivity contribution in [3.63, 3.8) is 0 Å². The van der Waals surface area contributed by atoms with Gasteiger partial charge in [-0.25, -0.2) is 0 Å². The molecule has 4 heteroatoms. The van der Waals surface area contributed by atoms with Crippen LogP contribution in [0.15, 0.2) is 29.3 Å². The average molecular weight is 303 g/mol. The highest BCUT2D eigenvalue weighted by Crippen LogP contribution is 2.23. The minimum Gasteiger partial charge on any atom is -0.508 e. The number of aryl methyl sites for hydroxylation is 1. The van der Waals surface area contributed by atoms with Gasteiger partial charge in [-0.3, -0.25) is 4.99 Å². The maximum Gasteiger partial charge on any atom is 0.191 e. The van der Waals surface area contributed by atoms with E-state index >= 15 is 0 Å². The van der Waals surface area contributed by atoms with Crippen molar-refractivity contribution in [2.24, 2.45) is 10.9 Å². The van der Waals surface area contributed by atoms with E-state index in [0.717, 1.165) is 31.3 Å². The Balaban J connectivity index is 1.65. The van der Waals surface area contributed by atoms with Crippen molar-refractivity contribution in [1.29, 1.82) is 0 Å². The average Bonchev–Trinajstić information content (AvgIpc) is 2.54. The summed E-state index contributed by atoms with van der Waals surface area (Å²) in [4.78, 5) is 4.32. The van der Waals surface area contributed by atoms with Gasteiger partial charge in [0.15, 0.2) is 5.96 Å². The predicted molar refractivity (Wildman–Crippen MR) is 92.3 cm³/mol. The lowest BCUT2D eigenvalue weighted by Gasteiger charge is -2.28. The molecule has 0 bridgehead atoms. The van der Waals surface area contributed by atoms with Crippen molar-refractivity contribution in [3.05, 3.63) is 29.8 Å². The largest absolute Gasteiger partial charge is 0.508 e. The lowest BCUT2D eigenvalue weighted by atomic mass is 9.87. The van der Waals surface area contributed by atoms with E-state index < -0.39 is 0 Å². The number of rotatable bonds is 5. The molecule has 0 amide bonds. The van der Waals surface area contributed by atoms with Crippen LogP contribution in [0.2, 0.25) is 0 Å². The second kappa shape index (κ2) is 8.66. The number of nitrogens with one attached hydrogen (secondary N) is 2. The summed E-state index contributed by atoms with van der Waals surface area (Å²) in [6.45, 7) is 3.25. The Hall–Kier alpha value is -1.71. The predicted octanol–water partition coefficient (Wildman–Crippen LogP) is 3.07. The molecule has 1 aliphatic carbocycles. The Kier molecular flexibility index (Phi) is 6.56. The number of aromatic hydroxyl groups is 1. The highest BCUT2D eigenvalue weighted by Gasteiger charge is 2.18. The Bertz CT molecular complexity index is 462. The summed E-state index contributed by atoms with van der Waals surface area (Å²) < 4.78 is 0. The molecule has 0 spiro atoms. The zero-order valence-electron chi connectivity index (χ0n) is 13.8. The maximum absolute atomic E-state index is 9.27. The molecule has 1 aromatic carbocycles. The topological polar surface area (TPSA) is 56.7 Å². The van der Waals surface area contributed by atoms with Crippen LogP contribution < -0.4 is 10.6 Å². The molecule has 122 valence electrons. The molecular formula is C18H29N3O. The van der Waals surface area contributed by atoms with Gasteiger partial charge >= 0.3 is 0 Å². The van der Waals surface area contributed by atoms with Crippen molar-refractivity contribution in [3.8, 4) is 5.75 Å². The van der Waals surface area contributed by atoms with E-state index in [1.807, 2.05) is 19.2 Å². The molecule has 4 nitrogen and oxygen atoms in total. The Morgan fingerprint density at radius 3 is 2.50 bits per heavy atom. The number of hydrogen-bond acceptors (Lipinski definition) is 2. The molecule has 1 aliphatic rings. The van der Waals surface area contributed by atoms with Crippen molar-refractivity contribution in [2.45, 2.75) is 51.5 Å². The Labute approximate surface area is 134 Å². The SMILES string of the molecule is CN=C(NCCCc1ccc(O)cc1)NC1CCC(C)CC1. The van der Waals surface area contributed by atoms with Crippen molar-refractivity contribution < 1.29 is 5.11 Å². The van der Waals surface area contributed by atoms with Gasteiger partial charge in [0, 0.05) is 19.6 Å². The standard InChI is InChI=1S/C18H29N3O/c1-14-5-9-16(10-6-14)21-18(19-2)20-13-3-4-15-7-11-17(22)12-8-15/h7-8,11-12,14,16,22H,3-6,9-10,13H2,1-2H3,(H2,19,20,21). The zero-order valence-corrected chi connectivity index (χ0v) is 13.8. The van der Waals surface area contributed by atoms with Crippen LogP contribution >= 0.6 is 0 Å².